The van der Waals surface area contributed by atoms with E-state index in [1.807, 2.05) is 30.3 Å². The van der Waals surface area contributed by atoms with Gasteiger partial charge in [-0.3, -0.25) is 9.59 Å². The second kappa shape index (κ2) is 11.2. The van der Waals surface area contributed by atoms with Crippen LogP contribution in [0, 0.1) is 0 Å². The summed E-state index contributed by atoms with van der Waals surface area (Å²) in [4.78, 5) is 25.9. The number of benzene rings is 3. The minimum Gasteiger partial charge on any atom is -0.485 e. The topological polar surface area (TPSA) is 125 Å². The summed E-state index contributed by atoms with van der Waals surface area (Å²) < 4.78 is 35.3. The summed E-state index contributed by atoms with van der Waals surface area (Å²) in [7, 11) is -2.50. The van der Waals surface area contributed by atoms with Gasteiger partial charge in [-0.15, -0.1) is 0 Å². The third-order valence-corrected chi connectivity index (χ3v) is 8.30. The Bertz CT molecular complexity index is 1460. The number of carbonyl (C=O) groups is 2. The second-order valence-corrected chi connectivity index (χ2v) is 11.8. The van der Waals surface area contributed by atoms with Crippen molar-refractivity contribution in [2.75, 3.05) is 18.5 Å². The van der Waals surface area contributed by atoms with Gasteiger partial charge in [-0.05, 0) is 68.3 Å². The molecule has 39 heavy (non-hydrogen) atoms. The van der Waals surface area contributed by atoms with E-state index in [1.165, 1.54) is 36.1 Å². The molecule has 3 N–H and O–H groups in total. The lowest BCUT2D eigenvalue weighted by Gasteiger charge is -2.42. The van der Waals surface area contributed by atoms with Crippen molar-refractivity contribution in [1.82, 2.24) is 10.0 Å². The fraction of sp³-hybridized carbons (Fsp3) is 0.310. The van der Waals surface area contributed by atoms with E-state index >= 15 is 0 Å². The summed E-state index contributed by atoms with van der Waals surface area (Å²) in [6.07, 6.45) is -0.587. The van der Waals surface area contributed by atoms with Crippen molar-refractivity contribution in [3.8, 4) is 5.75 Å². The van der Waals surface area contributed by atoms with Crippen LogP contribution in [0.1, 0.15) is 48.3 Å². The van der Waals surface area contributed by atoms with Crippen molar-refractivity contribution in [1.29, 1.82) is 0 Å². The lowest BCUT2D eigenvalue weighted by Crippen LogP contribution is -2.53. The third-order valence-electron chi connectivity index (χ3n) is 6.84. The molecule has 206 valence electrons. The Morgan fingerprint density at radius 1 is 1.03 bits per heavy atom. The van der Waals surface area contributed by atoms with Crippen molar-refractivity contribution >= 4 is 27.5 Å². The molecule has 1 aliphatic heterocycles. The van der Waals surface area contributed by atoms with Crippen molar-refractivity contribution in [3.05, 3.63) is 89.5 Å². The predicted octanol–water partition coefficient (Wildman–Crippen LogP) is 3.19. The summed E-state index contributed by atoms with van der Waals surface area (Å²) in [6, 6.07) is 19.3. The SMILES string of the molecule is CC(=O)N(C)c1ccc(S(=O)(=O)N[C@@H]2c3cc(C(=O)NCCc4ccccc4)ccc3OC(C)(C)[C@H]2O)cc1. The first-order valence-electron chi connectivity index (χ1n) is 12.6. The molecule has 1 heterocycles. The molecule has 10 heteroatoms. The molecule has 0 aliphatic carbocycles. The van der Waals surface area contributed by atoms with Gasteiger partial charge >= 0.3 is 0 Å². The molecule has 1 aliphatic rings. The maximum atomic E-state index is 13.4. The van der Waals surface area contributed by atoms with Crippen LogP contribution >= 0.6 is 0 Å². The number of nitrogens with zero attached hydrogens (tertiary/aromatic N) is 1. The number of anilines is 1. The van der Waals surface area contributed by atoms with Gasteiger partial charge in [0.2, 0.25) is 15.9 Å². The molecule has 0 fully saturated rings. The summed E-state index contributed by atoms with van der Waals surface area (Å²) >= 11 is 0. The van der Waals surface area contributed by atoms with E-state index in [0.29, 0.717) is 35.5 Å². The zero-order chi connectivity index (χ0) is 28.4. The van der Waals surface area contributed by atoms with Crippen LogP contribution in [0.3, 0.4) is 0 Å². The van der Waals surface area contributed by atoms with Crippen LogP contribution in [0.2, 0.25) is 0 Å². The first-order valence-corrected chi connectivity index (χ1v) is 14.1. The van der Waals surface area contributed by atoms with Crippen LogP contribution in [0.25, 0.3) is 0 Å². The zero-order valence-electron chi connectivity index (χ0n) is 22.3. The largest absolute Gasteiger partial charge is 0.485 e. The Morgan fingerprint density at radius 2 is 1.69 bits per heavy atom. The van der Waals surface area contributed by atoms with Crippen molar-refractivity contribution in [3.63, 3.8) is 0 Å². The minimum atomic E-state index is -4.10. The van der Waals surface area contributed by atoms with E-state index in [4.69, 9.17) is 4.74 Å². The number of hydrogen-bond donors (Lipinski definition) is 3. The van der Waals surface area contributed by atoms with Gasteiger partial charge in [-0.2, -0.15) is 0 Å². The Hall–Kier alpha value is -3.73. The maximum Gasteiger partial charge on any atom is 0.251 e. The van der Waals surface area contributed by atoms with Crippen LogP contribution in [0.5, 0.6) is 5.75 Å². The Kier molecular flexibility index (Phi) is 8.10. The van der Waals surface area contributed by atoms with E-state index in [0.717, 1.165) is 5.56 Å². The number of aliphatic hydroxyl groups is 1. The molecule has 0 bridgehead atoms. The molecule has 0 saturated heterocycles. The zero-order valence-corrected chi connectivity index (χ0v) is 23.2. The van der Waals surface area contributed by atoms with Crippen molar-refractivity contribution < 1.29 is 27.9 Å². The van der Waals surface area contributed by atoms with Gasteiger partial charge in [-0.25, -0.2) is 13.1 Å². The van der Waals surface area contributed by atoms with Crippen molar-refractivity contribution in [2.45, 2.75) is 49.8 Å². The van der Waals surface area contributed by atoms with E-state index in [9.17, 15) is 23.1 Å². The maximum absolute atomic E-state index is 13.4. The quantitative estimate of drug-likeness (QED) is 0.395. The molecular weight excluding hydrogens is 518 g/mol. The number of ether oxygens (including phenoxy) is 1. The van der Waals surface area contributed by atoms with E-state index in [-0.39, 0.29) is 16.7 Å². The molecular formula is C29H33N3O6S. The summed E-state index contributed by atoms with van der Waals surface area (Å²) in [5.74, 6) is -0.134. The number of fused-ring (bicyclic) bond motifs is 1. The molecule has 0 unspecified atom stereocenters. The molecule has 4 rings (SSSR count). The predicted molar refractivity (Wildman–Crippen MR) is 148 cm³/mol. The van der Waals surface area contributed by atoms with Crippen LogP contribution in [-0.2, 0) is 21.2 Å². The molecule has 0 saturated carbocycles. The number of carbonyl (C=O) groups excluding carboxylic acids is 2. The highest BCUT2D eigenvalue weighted by Gasteiger charge is 2.44. The molecule has 0 aromatic heterocycles. The van der Waals surface area contributed by atoms with Gasteiger partial charge < -0.3 is 20.1 Å². The lowest BCUT2D eigenvalue weighted by molar-refractivity contribution is -0.116. The Labute approximate surface area is 228 Å². The third kappa shape index (κ3) is 6.30. The molecule has 2 amide bonds. The van der Waals surface area contributed by atoms with Crippen LogP contribution in [0.4, 0.5) is 5.69 Å². The first kappa shape index (κ1) is 28.3. The fourth-order valence-electron chi connectivity index (χ4n) is 4.40. The normalized spacial score (nSPS) is 18.0. The summed E-state index contributed by atoms with van der Waals surface area (Å²) in [5.41, 5.74) is 1.21. The number of rotatable bonds is 8. The van der Waals surface area contributed by atoms with Crippen LogP contribution < -0.4 is 19.7 Å². The molecule has 3 aromatic rings. The van der Waals surface area contributed by atoms with Gasteiger partial charge in [0.05, 0.1) is 10.9 Å². The van der Waals surface area contributed by atoms with E-state index in [1.54, 1.807) is 39.1 Å². The average Bonchev–Trinajstić information content (AvgIpc) is 2.91. The second-order valence-electron chi connectivity index (χ2n) is 10.1. The lowest BCUT2D eigenvalue weighted by atomic mass is 9.86. The Morgan fingerprint density at radius 3 is 2.33 bits per heavy atom. The average molecular weight is 552 g/mol. The van der Waals surface area contributed by atoms with Gasteiger partial charge in [-0.1, -0.05) is 30.3 Å². The molecule has 0 radical (unpaired) electrons. The van der Waals surface area contributed by atoms with Gasteiger partial charge in [0, 0.05) is 37.3 Å². The highest BCUT2D eigenvalue weighted by molar-refractivity contribution is 7.89. The van der Waals surface area contributed by atoms with Crippen molar-refractivity contribution in [2.24, 2.45) is 0 Å². The standard InChI is InChI=1S/C29H33N3O6S/c1-19(33)32(4)22-11-13-23(14-12-22)39(36,37)31-26-24-18-21(10-15-25(24)38-29(2,3)27(26)34)28(35)30-17-16-20-8-6-5-7-9-20/h5-15,18,26-27,31,34H,16-17H2,1-4H3,(H,30,35)/t26-,27+/m1/s1. The van der Waals surface area contributed by atoms with Crippen LogP contribution in [0.15, 0.2) is 77.7 Å². The fourth-order valence-corrected chi connectivity index (χ4v) is 5.62. The van der Waals surface area contributed by atoms with Gasteiger partial charge in [0.15, 0.2) is 0 Å². The van der Waals surface area contributed by atoms with Crippen LogP contribution in [-0.4, -0.2) is 50.6 Å². The highest BCUT2D eigenvalue weighted by Crippen LogP contribution is 2.41. The number of hydrogen-bond acceptors (Lipinski definition) is 6. The summed E-state index contributed by atoms with van der Waals surface area (Å²) in [5, 5.41) is 14.0. The van der Waals surface area contributed by atoms with Gasteiger partial charge in [0.25, 0.3) is 5.91 Å². The highest BCUT2D eigenvalue weighted by atomic mass is 32.2. The first-order chi connectivity index (χ1) is 18.4. The van der Waals surface area contributed by atoms with E-state index < -0.39 is 27.8 Å². The molecule has 2 atom stereocenters. The summed E-state index contributed by atoms with van der Waals surface area (Å²) in [6.45, 7) is 5.17. The van der Waals surface area contributed by atoms with Gasteiger partial charge in [0.1, 0.15) is 17.5 Å². The monoisotopic (exact) mass is 551 g/mol. The molecule has 0 spiro atoms. The Balaban J connectivity index is 1.57. The minimum absolute atomic E-state index is 0.0314. The number of amides is 2. The number of sulfonamides is 1. The molecule has 3 aromatic carbocycles. The smallest absolute Gasteiger partial charge is 0.251 e. The molecule has 9 nitrogen and oxygen atoms in total. The van der Waals surface area contributed by atoms with E-state index in [2.05, 4.69) is 10.0 Å². The number of nitrogens with one attached hydrogen (secondary N) is 2. The number of aliphatic hydroxyl groups excluding tert-OH is 1.